The van der Waals surface area contributed by atoms with Gasteiger partial charge in [0.15, 0.2) is 0 Å². The number of carbonyl (C=O) groups is 3. The monoisotopic (exact) mass is 342 g/mol. The molecule has 7 nitrogen and oxygen atoms in total. The molecule has 25 heavy (non-hydrogen) atoms. The Morgan fingerprint density at radius 1 is 1.04 bits per heavy atom. The number of carboxylic acid groups (broad SMARTS) is 1. The molecule has 0 heterocycles. The van der Waals surface area contributed by atoms with E-state index in [0.717, 1.165) is 0 Å². The number of nitrogens with one attached hydrogen (secondary N) is 1. The van der Waals surface area contributed by atoms with Crippen LogP contribution in [0.4, 0.5) is 5.69 Å². The summed E-state index contributed by atoms with van der Waals surface area (Å²) in [6, 6.07) is 11.8. The minimum Gasteiger partial charge on any atom is -0.481 e. The van der Waals surface area contributed by atoms with Crippen molar-refractivity contribution in [1.82, 2.24) is 5.32 Å². The third-order valence-electron chi connectivity index (χ3n) is 3.59. The molecule has 0 unspecified atom stereocenters. The molecule has 1 amide bonds. The quantitative estimate of drug-likeness (QED) is 0.546. The minimum absolute atomic E-state index is 0.268. The molecule has 1 atom stereocenters. The number of rotatable bonds is 6. The van der Waals surface area contributed by atoms with E-state index in [2.05, 4.69) is 10.1 Å². The average molecular weight is 342 g/mol. The van der Waals surface area contributed by atoms with Crippen LogP contribution in [0.5, 0.6) is 0 Å². The van der Waals surface area contributed by atoms with E-state index in [4.69, 9.17) is 10.8 Å². The van der Waals surface area contributed by atoms with Crippen LogP contribution in [0, 0.1) is 0 Å². The fourth-order valence-electron chi connectivity index (χ4n) is 2.27. The van der Waals surface area contributed by atoms with Crippen LogP contribution >= 0.6 is 0 Å². The Bertz CT molecular complexity index is 769. The van der Waals surface area contributed by atoms with Crippen molar-refractivity contribution in [3.05, 3.63) is 65.2 Å². The van der Waals surface area contributed by atoms with Crippen LogP contribution in [0.15, 0.2) is 48.5 Å². The Morgan fingerprint density at radius 2 is 1.60 bits per heavy atom. The largest absolute Gasteiger partial charge is 0.481 e. The van der Waals surface area contributed by atoms with Crippen molar-refractivity contribution in [3.8, 4) is 0 Å². The van der Waals surface area contributed by atoms with E-state index >= 15 is 0 Å². The number of carbonyl (C=O) groups excluding carboxylic acids is 2. The number of carboxylic acids is 1. The number of benzene rings is 2. The summed E-state index contributed by atoms with van der Waals surface area (Å²) in [5, 5.41) is 11.8. The Balaban J connectivity index is 2.17. The Morgan fingerprint density at radius 3 is 2.12 bits per heavy atom. The topological polar surface area (TPSA) is 119 Å². The Labute approximate surface area is 144 Å². The van der Waals surface area contributed by atoms with Crippen molar-refractivity contribution in [3.63, 3.8) is 0 Å². The fraction of sp³-hybridized carbons (Fsp3) is 0.167. The van der Waals surface area contributed by atoms with Crippen LogP contribution < -0.4 is 11.1 Å². The molecule has 0 bridgehead atoms. The number of nitrogen functional groups attached to an aromatic ring is 1. The second-order valence-electron chi connectivity index (χ2n) is 5.36. The maximum Gasteiger partial charge on any atom is 0.337 e. The van der Waals surface area contributed by atoms with Gasteiger partial charge in [-0.3, -0.25) is 9.59 Å². The molecular weight excluding hydrogens is 324 g/mol. The van der Waals surface area contributed by atoms with Gasteiger partial charge in [-0.2, -0.15) is 0 Å². The van der Waals surface area contributed by atoms with E-state index in [1.807, 2.05) is 0 Å². The predicted molar refractivity (Wildman–Crippen MR) is 91.1 cm³/mol. The van der Waals surface area contributed by atoms with Gasteiger partial charge in [-0.05, 0) is 42.0 Å². The summed E-state index contributed by atoms with van der Waals surface area (Å²) in [7, 11) is 1.27. The second-order valence-corrected chi connectivity index (χ2v) is 5.36. The van der Waals surface area contributed by atoms with Gasteiger partial charge in [-0.1, -0.05) is 12.1 Å². The lowest BCUT2D eigenvalue weighted by molar-refractivity contribution is -0.137. The summed E-state index contributed by atoms with van der Waals surface area (Å²) in [6.45, 7) is 0. The molecule has 0 fully saturated rings. The first-order chi connectivity index (χ1) is 11.9. The van der Waals surface area contributed by atoms with Gasteiger partial charge in [-0.15, -0.1) is 0 Å². The van der Waals surface area contributed by atoms with Crippen molar-refractivity contribution in [1.29, 1.82) is 0 Å². The molecule has 0 saturated heterocycles. The number of ether oxygens (including phenoxy) is 1. The number of methoxy groups -OCH3 is 1. The summed E-state index contributed by atoms with van der Waals surface area (Å²) in [6.07, 6.45) is -0.268. The van der Waals surface area contributed by atoms with Gasteiger partial charge in [0.05, 0.1) is 25.1 Å². The highest BCUT2D eigenvalue weighted by Gasteiger charge is 2.19. The predicted octanol–water partition coefficient (Wildman–Crippen LogP) is 2.00. The van der Waals surface area contributed by atoms with E-state index in [1.54, 1.807) is 24.3 Å². The summed E-state index contributed by atoms with van der Waals surface area (Å²) >= 11 is 0. The highest BCUT2D eigenvalue weighted by molar-refractivity contribution is 5.96. The van der Waals surface area contributed by atoms with E-state index in [-0.39, 0.29) is 6.42 Å². The molecule has 7 heteroatoms. The van der Waals surface area contributed by atoms with Crippen molar-refractivity contribution in [2.24, 2.45) is 0 Å². The minimum atomic E-state index is -1.04. The first-order valence-electron chi connectivity index (χ1n) is 7.47. The van der Waals surface area contributed by atoms with Crippen LogP contribution in [0.2, 0.25) is 0 Å². The number of amides is 1. The van der Waals surface area contributed by atoms with Crippen molar-refractivity contribution >= 4 is 23.5 Å². The summed E-state index contributed by atoms with van der Waals surface area (Å²) < 4.78 is 4.60. The van der Waals surface area contributed by atoms with Crippen LogP contribution in [-0.2, 0) is 9.53 Å². The molecule has 2 aromatic rings. The maximum atomic E-state index is 12.4. The smallest absolute Gasteiger partial charge is 0.337 e. The van der Waals surface area contributed by atoms with E-state index < -0.39 is 23.9 Å². The third-order valence-corrected chi connectivity index (χ3v) is 3.59. The SMILES string of the molecule is COC(=O)c1ccc(C(=O)N[C@H](CC(=O)O)c2ccc(N)cc2)cc1. The molecule has 0 aliphatic heterocycles. The zero-order valence-electron chi connectivity index (χ0n) is 13.6. The van der Waals surface area contributed by atoms with Gasteiger partial charge in [0.25, 0.3) is 5.91 Å². The molecule has 0 aliphatic carbocycles. The lowest BCUT2D eigenvalue weighted by atomic mass is 10.0. The van der Waals surface area contributed by atoms with E-state index in [0.29, 0.717) is 22.4 Å². The van der Waals surface area contributed by atoms with E-state index in [1.165, 1.54) is 31.4 Å². The van der Waals surface area contributed by atoms with Crippen LogP contribution in [0.1, 0.15) is 38.7 Å². The lowest BCUT2D eigenvalue weighted by Gasteiger charge is -2.18. The van der Waals surface area contributed by atoms with Gasteiger partial charge in [-0.25, -0.2) is 4.79 Å². The fourth-order valence-corrected chi connectivity index (χ4v) is 2.27. The molecule has 0 aromatic heterocycles. The van der Waals surface area contributed by atoms with Crippen molar-refractivity contribution < 1.29 is 24.2 Å². The number of hydrogen-bond acceptors (Lipinski definition) is 5. The molecule has 2 rings (SSSR count). The Kier molecular flexibility index (Phi) is 5.73. The normalized spacial score (nSPS) is 11.4. The van der Waals surface area contributed by atoms with Crippen LogP contribution in [-0.4, -0.2) is 30.1 Å². The first-order valence-corrected chi connectivity index (χ1v) is 7.47. The number of esters is 1. The van der Waals surface area contributed by atoms with Gasteiger partial charge in [0.2, 0.25) is 0 Å². The summed E-state index contributed by atoms with van der Waals surface area (Å²) in [5.74, 6) is -1.99. The average Bonchev–Trinajstić information content (AvgIpc) is 2.60. The molecular formula is C18H18N2O5. The molecule has 0 spiro atoms. The molecule has 130 valence electrons. The number of aliphatic carboxylic acids is 1. The summed E-state index contributed by atoms with van der Waals surface area (Å²) in [4.78, 5) is 34.9. The zero-order chi connectivity index (χ0) is 18.4. The molecule has 4 N–H and O–H groups in total. The second kappa shape index (κ2) is 7.96. The van der Waals surface area contributed by atoms with Crippen molar-refractivity contribution in [2.75, 3.05) is 12.8 Å². The molecule has 2 aromatic carbocycles. The molecule has 0 aliphatic rings. The molecule has 0 radical (unpaired) electrons. The lowest BCUT2D eigenvalue weighted by Crippen LogP contribution is -2.30. The van der Waals surface area contributed by atoms with Gasteiger partial charge < -0.3 is 20.9 Å². The first kappa shape index (κ1) is 18.0. The number of hydrogen-bond donors (Lipinski definition) is 3. The highest BCUT2D eigenvalue weighted by Crippen LogP contribution is 2.19. The van der Waals surface area contributed by atoms with Gasteiger partial charge >= 0.3 is 11.9 Å². The summed E-state index contributed by atoms with van der Waals surface area (Å²) in [5.41, 5.74) is 7.43. The maximum absolute atomic E-state index is 12.4. The number of nitrogens with two attached hydrogens (primary N) is 1. The van der Waals surface area contributed by atoms with Crippen molar-refractivity contribution in [2.45, 2.75) is 12.5 Å². The highest BCUT2D eigenvalue weighted by atomic mass is 16.5. The third kappa shape index (κ3) is 4.81. The number of anilines is 1. The van der Waals surface area contributed by atoms with Crippen LogP contribution in [0.25, 0.3) is 0 Å². The Hall–Kier alpha value is -3.35. The van der Waals surface area contributed by atoms with Gasteiger partial charge in [0.1, 0.15) is 0 Å². The zero-order valence-corrected chi connectivity index (χ0v) is 13.6. The van der Waals surface area contributed by atoms with E-state index in [9.17, 15) is 14.4 Å². The van der Waals surface area contributed by atoms with Gasteiger partial charge in [0, 0.05) is 11.3 Å². The standard InChI is InChI=1S/C18H18N2O5/c1-25-18(24)13-4-2-12(3-5-13)17(23)20-15(10-16(21)22)11-6-8-14(19)9-7-11/h2-9,15H,10,19H2,1H3,(H,20,23)(H,21,22)/t15-/m1/s1. The van der Waals surface area contributed by atoms with Crippen LogP contribution in [0.3, 0.4) is 0 Å². The molecule has 0 saturated carbocycles.